The maximum Gasteiger partial charge on any atom is 0.213 e. The van der Waals surface area contributed by atoms with Gasteiger partial charge >= 0.3 is 0 Å². The van der Waals surface area contributed by atoms with E-state index in [0.29, 0.717) is 6.54 Å². The van der Waals surface area contributed by atoms with Crippen molar-refractivity contribution in [3.63, 3.8) is 0 Å². The van der Waals surface area contributed by atoms with Gasteiger partial charge in [0.25, 0.3) is 0 Å². The van der Waals surface area contributed by atoms with E-state index in [1.165, 1.54) is 0 Å². The van der Waals surface area contributed by atoms with E-state index in [2.05, 4.69) is 4.72 Å². The average Bonchev–Trinajstić information content (AvgIpc) is 2.64. The number of aryl methyl sites for hydroxylation is 1. The van der Waals surface area contributed by atoms with Crippen molar-refractivity contribution in [2.45, 2.75) is 32.1 Å². The van der Waals surface area contributed by atoms with Crippen molar-refractivity contribution in [3.05, 3.63) is 24.5 Å². The Morgan fingerprint density at radius 1 is 1.27 bits per heavy atom. The average molecular weight is 230 g/mol. The first-order valence-corrected chi connectivity index (χ1v) is 6.66. The Kier molecular flexibility index (Phi) is 4.35. The lowest BCUT2D eigenvalue weighted by molar-refractivity contribution is 0.562. The second kappa shape index (κ2) is 5.32. The number of nitrogens with zero attached hydrogens (tertiary/aromatic N) is 1. The van der Waals surface area contributed by atoms with Crippen molar-refractivity contribution in [1.29, 1.82) is 0 Å². The van der Waals surface area contributed by atoms with Gasteiger partial charge < -0.3 is 4.57 Å². The molecular formula is C10H18N2O2S. The molecule has 1 aromatic rings. The fourth-order valence-electron chi connectivity index (χ4n) is 1.16. The summed E-state index contributed by atoms with van der Waals surface area (Å²) in [5.41, 5.74) is 0. The number of hydrogen-bond acceptors (Lipinski definition) is 2. The van der Waals surface area contributed by atoms with Crippen molar-refractivity contribution >= 4 is 10.0 Å². The van der Waals surface area contributed by atoms with Gasteiger partial charge in [-0.1, -0.05) is 0 Å². The van der Waals surface area contributed by atoms with Crippen LogP contribution >= 0.6 is 0 Å². The summed E-state index contributed by atoms with van der Waals surface area (Å²) in [6, 6.07) is 3.91. The Hall–Kier alpha value is -0.810. The molecule has 1 aromatic heterocycles. The zero-order chi connectivity index (χ0) is 11.3. The predicted octanol–water partition coefficient (Wildman–Crippen LogP) is 1.21. The summed E-state index contributed by atoms with van der Waals surface area (Å²) in [6.07, 6.45) is 4.74. The second-order valence-electron chi connectivity index (χ2n) is 3.76. The number of nitrogens with one attached hydrogen (secondary N) is 1. The number of sulfonamides is 1. The molecule has 0 aliphatic rings. The molecule has 0 saturated carbocycles. The Bertz CT molecular complexity index is 368. The molecule has 0 aliphatic carbocycles. The van der Waals surface area contributed by atoms with Crippen LogP contribution in [0.25, 0.3) is 0 Å². The quantitative estimate of drug-likeness (QED) is 0.747. The largest absolute Gasteiger partial charge is 0.354 e. The van der Waals surface area contributed by atoms with Gasteiger partial charge in [-0.3, -0.25) is 0 Å². The van der Waals surface area contributed by atoms with E-state index in [-0.39, 0.29) is 5.25 Å². The third-order valence-electron chi connectivity index (χ3n) is 2.18. The first kappa shape index (κ1) is 12.3. The molecule has 0 bridgehead atoms. The minimum absolute atomic E-state index is 0.357. The van der Waals surface area contributed by atoms with Crippen molar-refractivity contribution in [1.82, 2.24) is 9.29 Å². The van der Waals surface area contributed by atoms with E-state index in [4.69, 9.17) is 0 Å². The van der Waals surface area contributed by atoms with Gasteiger partial charge in [-0.2, -0.15) is 0 Å². The van der Waals surface area contributed by atoms with Crippen molar-refractivity contribution in [2.75, 3.05) is 6.54 Å². The molecule has 0 spiro atoms. The maximum absolute atomic E-state index is 11.4. The molecule has 0 unspecified atom stereocenters. The van der Waals surface area contributed by atoms with Gasteiger partial charge in [0.1, 0.15) is 0 Å². The molecule has 0 atom stereocenters. The first-order valence-electron chi connectivity index (χ1n) is 5.11. The molecule has 1 N–H and O–H groups in total. The molecule has 0 amide bonds. The zero-order valence-corrected chi connectivity index (χ0v) is 10.00. The maximum atomic E-state index is 11.4. The van der Waals surface area contributed by atoms with E-state index in [1.807, 2.05) is 29.1 Å². The van der Waals surface area contributed by atoms with E-state index >= 15 is 0 Å². The molecule has 0 aliphatic heterocycles. The fourth-order valence-corrected chi connectivity index (χ4v) is 1.92. The van der Waals surface area contributed by atoms with Gasteiger partial charge in [0.15, 0.2) is 0 Å². The molecule has 86 valence electrons. The predicted molar refractivity (Wildman–Crippen MR) is 61.1 cm³/mol. The Labute approximate surface area is 91.4 Å². The highest BCUT2D eigenvalue weighted by Crippen LogP contribution is 1.97. The molecule has 1 heterocycles. The minimum Gasteiger partial charge on any atom is -0.354 e. The van der Waals surface area contributed by atoms with E-state index in [0.717, 1.165) is 13.0 Å². The lowest BCUT2D eigenvalue weighted by Gasteiger charge is -2.09. The molecule has 0 aromatic carbocycles. The minimum atomic E-state index is -3.10. The third-order valence-corrected chi connectivity index (χ3v) is 4.03. The van der Waals surface area contributed by atoms with Crippen LogP contribution in [-0.4, -0.2) is 24.8 Å². The summed E-state index contributed by atoms with van der Waals surface area (Å²) in [4.78, 5) is 0. The van der Waals surface area contributed by atoms with Crippen LogP contribution < -0.4 is 4.72 Å². The van der Waals surface area contributed by atoms with Gasteiger partial charge in [-0.05, 0) is 32.4 Å². The lowest BCUT2D eigenvalue weighted by Crippen LogP contribution is -2.31. The van der Waals surface area contributed by atoms with Gasteiger partial charge in [0.05, 0.1) is 5.25 Å². The summed E-state index contributed by atoms with van der Waals surface area (Å²) in [5, 5.41) is -0.357. The summed E-state index contributed by atoms with van der Waals surface area (Å²) in [7, 11) is -3.10. The molecule has 1 rings (SSSR count). The summed E-state index contributed by atoms with van der Waals surface area (Å²) in [6.45, 7) is 4.69. The van der Waals surface area contributed by atoms with E-state index < -0.39 is 10.0 Å². The van der Waals surface area contributed by atoms with E-state index in [9.17, 15) is 8.42 Å². The van der Waals surface area contributed by atoms with Crippen LogP contribution in [0.3, 0.4) is 0 Å². The van der Waals surface area contributed by atoms with Crippen molar-refractivity contribution in [2.24, 2.45) is 0 Å². The van der Waals surface area contributed by atoms with Gasteiger partial charge in [0, 0.05) is 25.5 Å². The highest BCUT2D eigenvalue weighted by atomic mass is 32.2. The summed E-state index contributed by atoms with van der Waals surface area (Å²) in [5.74, 6) is 0. The SMILES string of the molecule is CC(C)S(=O)(=O)NCCCn1cccc1. The molecule has 0 fully saturated rings. The van der Waals surface area contributed by atoms with Gasteiger partial charge in [-0.15, -0.1) is 0 Å². The Balaban J connectivity index is 2.23. The highest BCUT2D eigenvalue weighted by Gasteiger charge is 2.13. The van der Waals surface area contributed by atoms with Crippen LogP contribution in [0.2, 0.25) is 0 Å². The molecule has 0 radical (unpaired) electrons. The Morgan fingerprint density at radius 3 is 2.40 bits per heavy atom. The molecule has 0 saturated heterocycles. The molecular weight excluding hydrogens is 212 g/mol. The number of aromatic nitrogens is 1. The monoisotopic (exact) mass is 230 g/mol. The van der Waals surface area contributed by atoms with Crippen LogP contribution in [0.4, 0.5) is 0 Å². The molecule has 5 heteroatoms. The summed E-state index contributed by atoms with van der Waals surface area (Å²) < 4.78 is 27.4. The number of rotatable bonds is 6. The summed E-state index contributed by atoms with van der Waals surface area (Å²) >= 11 is 0. The van der Waals surface area contributed by atoms with Crippen LogP contribution in [0.5, 0.6) is 0 Å². The standard InChI is InChI=1S/C10H18N2O2S/c1-10(2)15(13,14)11-6-5-9-12-7-3-4-8-12/h3-4,7-8,10-11H,5-6,9H2,1-2H3. The first-order chi connectivity index (χ1) is 7.02. The number of hydrogen-bond donors (Lipinski definition) is 1. The van der Waals surface area contributed by atoms with Crippen LogP contribution in [0, 0.1) is 0 Å². The van der Waals surface area contributed by atoms with Crippen molar-refractivity contribution in [3.8, 4) is 0 Å². The second-order valence-corrected chi connectivity index (χ2v) is 6.08. The molecule has 4 nitrogen and oxygen atoms in total. The normalized spacial score (nSPS) is 12.2. The topological polar surface area (TPSA) is 51.1 Å². The lowest BCUT2D eigenvalue weighted by atomic mass is 10.4. The fraction of sp³-hybridized carbons (Fsp3) is 0.600. The van der Waals surface area contributed by atoms with Crippen molar-refractivity contribution < 1.29 is 8.42 Å². The Morgan fingerprint density at radius 2 is 1.87 bits per heavy atom. The smallest absolute Gasteiger partial charge is 0.213 e. The van der Waals surface area contributed by atoms with E-state index in [1.54, 1.807) is 13.8 Å². The zero-order valence-electron chi connectivity index (χ0n) is 9.18. The van der Waals surface area contributed by atoms with Gasteiger partial charge in [-0.25, -0.2) is 13.1 Å². The van der Waals surface area contributed by atoms with Crippen LogP contribution in [0.1, 0.15) is 20.3 Å². The van der Waals surface area contributed by atoms with Crippen LogP contribution in [-0.2, 0) is 16.6 Å². The third kappa shape index (κ3) is 4.05. The van der Waals surface area contributed by atoms with Gasteiger partial charge in [0.2, 0.25) is 10.0 Å². The highest BCUT2D eigenvalue weighted by molar-refractivity contribution is 7.90. The van der Waals surface area contributed by atoms with Crippen LogP contribution in [0.15, 0.2) is 24.5 Å². The molecule has 15 heavy (non-hydrogen) atoms.